The average molecular weight is 308 g/mol. The molecule has 0 spiro atoms. The molecule has 1 N–H and O–H groups in total. The molecule has 0 aliphatic heterocycles. The number of hydrogen-bond acceptors (Lipinski definition) is 2. The predicted octanol–water partition coefficient (Wildman–Crippen LogP) is 3.13. The summed E-state index contributed by atoms with van der Waals surface area (Å²) in [5, 5.41) is 6.88. The first-order valence-electron chi connectivity index (χ1n) is 5.61. The first kappa shape index (κ1) is 12.8. The van der Waals surface area contributed by atoms with Crippen molar-refractivity contribution in [2.45, 2.75) is 11.8 Å². The molecule has 1 aromatic carbocycles. The number of alkyl halides is 1. The van der Waals surface area contributed by atoms with Gasteiger partial charge in [0.1, 0.15) is 0 Å². The lowest BCUT2D eigenvalue weighted by Crippen LogP contribution is -2.12. The molecule has 0 aliphatic rings. The zero-order valence-electron chi connectivity index (χ0n) is 10.2. The Morgan fingerprint density at radius 1 is 1.44 bits per heavy atom. The lowest BCUT2D eigenvalue weighted by molar-refractivity contribution is 0.102. The van der Waals surface area contributed by atoms with E-state index in [2.05, 4.69) is 26.3 Å². The Balaban J connectivity index is 2.22. The molecule has 1 heterocycles. The number of amides is 1. The van der Waals surface area contributed by atoms with Gasteiger partial charge in [0.25, 0.3) is 5.91 Å². The second-order valence-corrected chi connectivity index (χ2v) is 5.43. The summed E-state index contributed by atoms with van der Waals surface area (Å²) < 4.78 is 1.61. The molecule has 1 aromatic heterocycles. The summed E-state index contributed by atoms with van der Waals surface area (Å²) in [6, 6.07) is 7.73. The van der Waals surface area contributed by atoms with Gasteiger partial charge in [-0.25, -0.2) is 0 Å². The average Bonchev–Trinajstić information content (AvgIpc) is 2.76. The van der Waals surface area contributed by atoms with Crippen LogP contribution in [0.25, 0.3) is 0 Å². The molecule has 0 fully saturated rings. The molecule has 5 heteroatoms. The number of nitrogens with one attached hydrogen (secondary N) is 1. The van der Waals surface area contributed by atoms with Crippen molar-refractivity contribution < 1.29 is 4.79 Å². The van der Waals surface area contributed by atoms with E-state index in [4.69, 9.17) is 0 Å². The zero-order chi connectivity index (χ0) is 13.1. The van der Waals surface area contributed by atoms with Gasteiger partial charge in [-0.15, -0.1) is 0 Å². The van der Waals surface area contributed by atoms with Crippen molar-refractivity contribution in [3.63, 3.8) is 0 Å². The van der Waals surface area contributed by atoms with Gasteiger partial charge < -0.3 is 5.32 Å². The van der Waals surface area contributed by atoms with Gasteiger partial charge in [0.15, 0.2) is 0 Å². The van der Waals surface area contributed by atoms with Crippen molar-refractivity contribution in [1.82, 2.24) is 9.78 Å². The number of nitrogens with zero attached hydrogens (tertiary/aromatic N) is 2. The first-order valence-corrected chi connectivity index (χ1v) is 6.52. The summed E-state index contributed by atoms with van der Waals surface area (Å²) in [7, 11) is 1.78. The van der Waals surface area contributed by atoms with E-state index in [9.17, 15) is 4.79 Å². The molecule has 1 unspecified atom stereocenters. The van der Waals surface area contributed by atoms with Gasteiger partial charge in [0.05, 0.1) is 11.8 Å². The Kier molecular flexibility index (Phi) is 3.81. The summed E-state index contributed by atoms with van der Waals surface area (Å²) >= 11 is 3.52. The van der Waals surface area contributed by atoms with Crippen molar-refractivity contribution >= 4 is 27.5 Å². The Hall–Kier alpha value is -1.62. The van der Waals surface area contributed by atoms with E-state index in [-0.39, 0.29) is 10.7 Å². The Bertz CT molecular complexity index is 563. The third-order valence-electron chi connectivity index (χ3n) is 2.60. The van der Waals surface area contributed by atoms with Gasteiger partial charge in [0.2, 0.25) is 0 Å². The van der Waals surface area contributed by atoms with Crippen molar-refractivity contribution in [1.29, 1.82) is 0 Å². The third-order valence-corrected chi connectivity index (χ3v) is 3.10. The van der Waals surface area contributed by atoms with Crippen LogP contribution in [-0.2, 0) is 7.05 Å². The van der Waals surface area contributed by atoms with Crippen LogP contribution < -0.4 is 5.32 Å². The zero-order valence-corrected chi connectivity index (χ0v) is 11.8. The molecule has 0 aliphatic carbocycles. The van der Waals surface area contributed by atoms with Crippen LogP contribution in [0.4, 0.5) is 5.69 Å². The van der Waals surface area contributed by atoms with E-state index < -0.39 is 0 Å². The maximum Gasteiger partial charge on any atom is 0.258 e. The molecular weight excluding hydrogens is 294 g/mol. The van der Waals surface area contributed by atoms with Gasteiger partial charge in [-0.2, -0.15) is 5.10 Å². The van der Waals surface area contributed by atoms with Crippen molar-refractivity contribution in [3.8, 4) is 0 Å². The van der Waals surface area contributed by atoms with E-state index in [0.29, 0.717) is 5.56 Å². The molecule has 0 radical (unpaired) electrons. The third kappa shape index (κ3) is 2.79. The molecule has 1 atom stereocenters. The lowest BCUT2D eigenvalue weighted by Gasteiger charge is -2.11. The molecule has 2 rings (SSSR count). The highest BCUT2D eigenvalue weighted by atomic mass is 79.9. The van der Waals surface area contributed by atoms with E-state index in [0.717, 1.165) is 11.3 Å². The molecule has 0 saturated carbocycles. The van der Waals surface area contributed by atoms with E-state index in [1.54, 1.807) is 24.1 Å². The number of benzene rings is 1. The molecule has 94 valence electrons. The normalized spacial score (nSPS) is 12.2. The van der Waals surface area contributed by atoms with Crippen LogP contribution in [0.3, 0.4) is 0 Å². The number of aromatic nitrogens is 2. The van der Waals surface area contributed by atoms with Crippen molar-refractivity contribution in [3.05, 3.63) is 47.8 Å². The topological polar surface area (TPSA) is 46.9 Å². The standard InChI is InChI=1S/C13H14BrN3O/c1-9(14)11-5-3-4-6-12(11)16-13(18)10-7-15-17(2)8-10/h3-9H,1-2H3,(H,16,18). The molecule has 1 amide bonds. The van der Waals surface area contributed by atoms with Gasteiger partial charge >= 0.3 is 0 Å². The Labute approximate surface area is 114 Å². The van der Waals surface area contributed by atoms with Crippen LogP contribution in [0.15, 0.2) is 36.7 Å². The fraction of sp³-hybridized carbons (Fsp3) is 0.231. The summed E-state index contributed by atoms with van der Waals surface area (Å²) in [5.41, 5.74) is 2.42. The van der Waals surface area contributed by atoms with Crippen LogP contribution in [0.2, 0.25) is 0 Å². The highest BCUT2D eigenvalue weighted by Gasteiger charge is 2.12. The number of para-hydroxylation sites is 1. The molecule has 0 bridgehead atoms. The van der Waals surface area contributed by atoms with Crippen LogP contribution in [0, 0.1) is 0 Å². The predicted molar refractivity (Wildman–Crippen MR) is 74.9 cm³/mol. The Morgan fingerprint density at radius 3 is 2.78 bits per heavy atom. The molecule has 0 saturated heterocycles. The maximum atomic E-state index is 12.0. The number of anilines is 1. The van der Waals surface area contributed by atoms with Crippen LogP contribution in [-0.4, -0.2) is 15.7 Å². The SMILES string of the molecule is CC(Br)c1ccccc1NC(=O)c1cnn(C)c1. The highest BCUT2D eigenvalue weighted by Crippen LogP contribution is 2.28. The Morgan fingerprint density at radius 2 is 2.17 bits per heavy atom. The van der Waals surface area contributed by atoms with E-state index >= 15 is 0 Å². The van der Waals surface area contributed by atoms with E-state index in [1.165, 1.54) is 0 Å². The number of carbonyl (C=O) groups excluding carboxylic acids is 1. The molecule has 18 heavy (non-hydrogen) atoms. The van der Waals surface area contributed by atoms with Gasteiger partial charge in [-0.05, 0) is 18.6 Å². The van der Waals surface area contributed by atoms with Crippen LogP contribution in [0.5, 0.6) is 0 Å². The fourth-order valence-corrected chi connectivity index (χ4v) is 2.09. The minimum atomic E-state index is -0.149. The van der Waals surface area contributed by atoms with E-state index in [1.807, 2.05) is 31.2 Å². The number of rotatable bonds is 3. The minimum Gasteiger partial charge on any atom is -0.322 e. The second kappa shape index (κ2) is 5.35. The molecule has 2 aromatic rings. The molecule has 4 nitrogen and oxygen atoms in total. The van der Waals surface area contributed by atoms with Gasteiger partial charge in [-0.3, -0.25) is 9.48 Å². The highest BCUT2D eigenvalue weighted by molar-refractivity contribution is 9.09. The number of carbonyl (C=O) groups is 1. The summed E-state index contributed by atoms with van der Waals surface area (Å²) in [6.07, 6.45) is 3.24. The summed E-state index contributed by atoms with van der Waals surface area (Å²) in [6.45, 7) is 2.02. The monoisotopic (exact) mass is 307 g/mol. The van der Waals surface area contributed by atoms with Crippen molar-refractivity contribution in [2.75, 3.05) is 5.32 Å². The second-order valence-electron chi connectivity index (χ2n) is 4.06. The van der Waals surface area contributed by atoms with Crippen molar-refractivity contribution in [2.24, 2.45) is 7.05 Å². The summed E-state index contributed by atoms with van der Waals surface area (Å²) in [4.78, 5) is 12.2. The first-order chi connectivity index (χ1) is 8.58. The largest absolute Gasteiger partial charge is 0.322 e. The van der Waals surface area contributed by atoms with Gasteiger partial charge in [0, 0.05) is 23.8 Å². The van der Waals surface area contributed by atoms with Crippen LogP contribution in [0.1, 0.15) is 27.7 Å². The lowest BCUT2D eigenvalue weighted by atomic mass is 10.1. The van der Waals surface area contributed by atoms with Crippen LogP contribution >= 0.6 is 15.9 Å². The van der Waals surface area contributed by atoms with Gasteiger partial charge in [-0.1, -0.05) is 34.1 Å². The quantitative estimate of drug-likeness (QED) is 0.886. The fourth-order valence-electron chi connectivity index (χ4n) is 1.69. The number of halogens is 1. The number of aryl methyl sites for hydroxylation is 1. The summed E-state index contributed by atoms with van der Waals surface area (Å²) in [5.74, 6) is -0.149. The smallest absolute Gasteiger partial charge is 0.258 e. The minimum absolute atomic E-state index is 0.149. The number of hydrogen-bond donors (Lipinski definition) is 1. The molecular formula is C13H14BrN3O. The maximum absolute atomic E-state index is 12.0.